The van der Waals surface area contributed by atoms with E-state index in [-0.39, 0.29) is 5.91 Å². The molecule has 0 aromatic heterocycles. The Bertz CT molecular complexity index is 349. The van der Waals surface area contributed by atoms with Gasteiger partial charge >= 0.3 is 12.1 Å². The quantitative estimate of drug-likeness (QED) is 0.322. The van der Waals surface area contributed by atoms with E-state index >= 15 is 0 Å². The number of carbonyl (C=O) groups is 1. The smallest absolute Gasteiger partial charge is 0.344 e. The van der Waals surface area contributed by atoms with Gasteiger partial charge in [-0.2, -0.15) is 4.79 Å². The molecule has 0 heterocycles. The number of nitrogens with zero attached hydrogens (tertiary/aromatic N) is 3. The second-order valence-electron chi connectivity index (χ2n) is 7.76. The highest BCUT2D eigenvalue weighted by Gasteiger charge is 2.43. The molecule has 19 heavy (non-hydrogen) atoms. The predicted octanol–water partition coefficient (Wildman–Crippen LogP) is 2.90. The second kappa shape index (κ2) is 6.63. The normalized spacial score (nSPS) is 12.5. The lowest BCUT2D eigenvalue weighted by atomic mass is 10.2. The summed E-state index contributed by atoms with van der Waals surface area (Å²) in [7, 11) is -3.04. The summed E-state index contributed by atoms with van der Waals surface area (Å²) < 4.78 is 0. The van der Waals surface area contributed by atoms with Gasteiger partial charge in [0.15, 0.2) is 0 Å². The van der Waals surface area contributed by atoms with Gasteiger partial charge in [-0.25, -0.2) is 0 Å². The molecular weight excluding hydrogens is 270 g/mol. The summed E-state index contributed by atoms with van der Waals surface area (Å²) in [5.74, 6) is 0.247. The zero-order valence-corrected chi connectivity index (χ0v) is 15.7. The monoisotopic (exact) mass is 299 g/mol. The van der Waals surface area contributed by atoms with E-state index in [4.69, 9.17) is 5.53 Å². The van der Waals surface area contributed by atoms with Gasteiger partial charge in [0.1, 0.15) is 0 Å². The van der Waals surface area contributed by atoms with Crippen molar-refractivity contribution in [3.8, 4) is 0 Å². The lowest BCUT2D eigenvalue weighted by molar-refractivity contribution is -0.127. The molecule has 0 saturated heterocycles. The zero-order chi connectivity index (χ0) is 15.4. The summed E-state index contributed by atoms with van der Waals surface area (Å²) in [5.41, 5.74) is 8.65. The van der Waals surface area contributed by atoms with Crippen LogP contribution in [0.25, 0.3) is 5.53 Å². The van der Waals surface area contributed by atoms with E-state index < -0.39 is 16.1 Å². The fraction of sp³-hybridized carbons (Fsp3) is 0.846. The zero-order valence-electron chi connectivity index (χ0n) is 13.7. The van der Waals surface area contributed by atoms with Crippen LogP contribution in [0, 0.1) is 5.92 Å². The number of amides is 1. The highest BCUT2D eigenvalue weighted by molar-refractivity contribution is 6.96. The average molecular weight is 300 g/mol. The summed E-state index contributed by atoms with van der Waals surface area (Å²) in [6.07, 6.45) is 1.04. The topological polar surface area (TPSA) is 56.7 Å². The van der Waals surface area contributed by atoms with E-state index in [0.29, 0.717) is 11.2 Å². The maximum absolute atomic E-state index is 12.3. The standard InChI is InChI=1S/C13H29N3OSi2/c1-11(2)10-16(12(17)9-15-14)13(18(3,4)5)19(6,7)8/h9,11,13H,10H2,1-8H3. The van der Waals surface area contributed by atoms with Crippen molar-refractivity contribution in [2.45, 2.75) is 58.4 Å². The van der Waals surface area contributed by atoms with Gasteiger partial charge in [-0.3, -0.25) is 4.79 Å². The first-order valence-electron chi connectivity index (χ1n) is 6.89. The Labute approximate surface area is 119 Å². The molecule has 0 aromatic carbocycles. The third-order valence-electron chi connectivity index (χ3n) is 2.97. The van der Waals surface area contributed by atoms with Crippen molar-refractivity contribution < 1.29 is 9.58 Å². The van der Waals surface area contributed by atoms with Gasteiger partial charge in [0.2, 0.25) is 0 Å². The van der Waals surface area contributed by atoms with Gasteiger partial charge in [-0.1, -0.05) is 53.1 Å². The first kappa shape index (κ1) is 18.3. The van der Waals surface area contributed by atoms with E-state index in [2.05, 4.69) is 57.9 Å². The maximum Gasteiger partial charge on any atom is 0.344 e. The molecule has 4 nitrogen and oxygen atoms in total. The Hall–Kier alpha value is -0.716. The van der Waals surface area contributed by atoms with Crippen LogP contribution in [0.3, 0.4) is 0 Å². The lowest BCUT2D eigenvalue weighted by Gasteiger charge is -2.45. The molecule has 0 aliphatic heterocycles. The predicted molar refractivity (Wildman–Crippen MR) is 86.7 cm³/mol. The van der Waals surface area contributed by atoms with Crippen LogP contribution in [0.5, 0.6) is 0 Å². The molecular formula is C13H29N3OSi2. The van der Waals surface area contributed by atoms with Crippen molar-refractivity contribution >= 4 is 28.3 Å². The molecule has 0 spiro atoms. The molecule has 6 heteroatoms. The molecule has 0 aromatic rings. The van der Waals surface area contributed by atoms with Crippen LogP contribution in [0.2, 0.25) is 39.3 Å². The van der Waals surface area contributed by atoms with Gasteiger partial charge in [0, 0.05) is 11.8 Å². The Kier molecular flexibility index (Phi) is 6.38. The molecule has 0 radical (unpaired) electrons. The second-order valence-corrected chi connectivity index (χ2v) is 18.9. The van der Waals surface area contributed by atoms with Gasteiger partial charge in [-0.15, -0.1) is 0 Å². The van der Waals surface area contributed by atoms with Crippen molar-refractivity contribution in [3.05, 3.63) is 5.53 Å². The minimum absolute atomic E-state index is 0.161. The van der Waals surface area contributed by atoms with Gasteiger partial charge in [0.05, 0.1) is 16.1 Å². The van der Waals surface area contributed by atoms with E-state index in [1.807, 2.05) is 4.90 Å². The van der Waals surface area contributed by atoms with Crippen LogP contribution < -0.4 is 0 Å². The summed E-state index contributed by atoms with van der Waals surface area (Å²) in [5, 5.41) is 0.341. The van der Waals surface area contributed by atoms with Gasteiger partial charge < -0.3 is 10.4 Å². The SMILES string of the molecule is CC(C)CN(C(=O)C=[N+]=[N-])C([Si](C)(C)C)[Si](C)(C)C. The Morgan fingerprint density at radius 3 is 1.84 bits per heavy atom. The maximum atomic E-state index is 12.3. The van der Waals surface area contributed by atoms with Gasteiger partial charge in [-0.05, 0) is 5.92 Å². The summed E-state index contributed by atoms with van der Waals surface area (Å²) in [4.78, 5) is 17.2. The highest BCUT2D eigenvalue weighted by Crippen LogP contribution is 2.25. The van der Waals surface area contributed by atoms with E-state index in [9.17, 15) is 4.79 Å². The summed E-state index contributed by atoms with van der Waals surface area (Å²) >= 11 is 0. The molecule has 0 aliphatic carbocycles. The number of rotatable bonds is 6. The molecule has 0 N–H and O–H groups in total. The van der Waals surface area contributed by atoms with Crippen LogP contribution in [-0.2, 0) is 4.79 Å². The number of hydrogen-bond donors (Lipinski definition) is 0. The van der Waals surface area contributed by atoms with Crippen LogP contribution >= 0.6 is 0 Å². The molecule has 0 unspecified atom stereocenters. The minimum Gasteiger partial charge on any atom is -0.361 e. The number of carbonyl (C=O) groups excluding carboxylic acids is 1. The molecule has 0 fully saturated rings. The largest absolute Gasteiger partial charge is 0.361 e. The van der Waals surface area contributed by atoms with Crippen LogP contribution in [0.1, 0.15) is 13.8 Å². The third-order valence-corrected chi connectivity index (χ3v) is 12.1. The molecule has 0 aliphatic rings. The van der Waals surface area contributed by atoms with Crippen molar-refractivity contribution in [3.63, 3.8) is 0 Å². The lowest BCUT2D eigenvalue weighted by Crippen LogP contribution is -2.65. The summed E-state index contributed by atoms with van der Waals surface area (Å²) in [6.45, 7) is 18.8. The van der Waals surface area contributed by atoms with Crippen LogP contribution in [-0.4, -0.2) is 49.8 Å². The minimum atomic E-state index is -1.52. The third kappa shape index (κ3) is 5.84. The highest BCUT2D eigenvalue weighted by atomic mass is 28.4. The fourth-order valence-corrected chi connectivity index (χ4v) is 15.8. The van der Waals surface area contributed by atoms with Crippen molar-refractivity contribution in [2.75, 3.05) is 6.54 Å². The molecule has 0 bridgehead atoms. The fourth-order valence-electron chi connectivity index (χ4n) is 3.07. The average Bonchev–Trinajstić information content (AvgIpc) is 2.11. The van der Waals surface area contributed by atoms with E-state index in [1.165, 1.54) is 0 Å². The molecule has 1 amide bonds. The Morgan fingerprint density at radius 1 is 1.16 bits per heavy atom. The van der Waals surface area contributed by atoms with Crippen molar-refractivity contribution in [1.82, 2.24) is 4.90 Å². The van der Waals surface area contributed by atoms with E-state index in [0.717, 1.165) is 12.8 Å². The first-order chi connectivity index (χ1) is 8.41. The van der Waals surface area contributed by atoms with E-state index in [1.54, 1.807) is 0 Å². The number of hydrogen-bond acceptors (Lipinski definition) is 1. The van der Waals surface area contributed by atoms with Crippen molar-refractivity contribution in [1.29, 1.82) is 0 Å². The molecule has 0 saturated carbocycles. The molecule has 0 rings (SSSR count). The molecule has 110 valence electrons. The summed E-state index contributed by atoms with van der Waals surface area (Å²) in [6, 6.07) is 0. The van der Waals surface area contributed by atoms with Crippen LogP contribution in [0.15, 0.2) is 0 Å². The molecule has 0 atom stereocenters. The van der Waals surface area contributed by atoms with Crippen LogP contribution in [0.4, 0.5) is 0 Å². The van der Waals surface area contributed by atoms with Crippen molar-refractivity contribution in [2.24, 2.45) is 5.92 Å². The first-order valence-corrected chi connectivity index (χ1v) is 14.0. The van der Waals surface area contributed by atoms with Gasteiger partial charge in [0.25, 0.3) is 0 Å². The Morgan fingerprint density at radius 2 is 1.58 bits per heavy atom. The Balaban J connectivity index is 5.62.